The lowest BCUT2D eigenvalue weighted by Gasteiger charge is -2.29. The second-order valence-electron chi connectivity index (χ2n) is 9.01. The highest BCUT2D eigenvalue weighted by Crippen LogP contribution is 2.38. The Labute approximate surface area is 205 Å². The first-order valence-corrected chi connectivity index (χ1v) is 12.1. The number of aromatic amines is 1. The molecular weight excluding hydrogens is 441 g/mol. The molecule has 1 saturated carbocycles. The second-order valence-corrected chi connectivity index (χ2v) is 9.01. The van der Waals surface area contributed by atoms with Crippen molar-refractivity contribution in [2.24, 2.45) is 5.92 Å². The van der Waals surface area contributed by atoms with Crippen molar-refractivity contribution in [1.29, 1.82) is 0 Å². The zero-order valence-corrected chi connectivity index (χ0v) is 20.3. The van der Waals surface area contributed by atoms with Gasteiger partial charge in [0.15, 0.2) is 6.29 Å². The molecule has 182 valence electrons. The smallest absolute Gasteiger partial charge is 0.152 e. The average Bonchev–Trinajstić information content (AvgIpc) is 3.38. The number of pyridine rings is 1. The van der Waals surface area contributed by atoms with E-state index < -0.39 is 0 Å². The molecule has 0 aliphatic heterocycles. The van der Waals surface area contributed by atoms with Crippen LogP contribution in [0.2, 0.25) is 0 Å². The van der Waals surface area contributed by atoms with E-state index in [-0.39, 0.29) is 5.82 Å². The lowest BCUT2D eigenvalue weighted by Crippen LogP contribution is -2.23. The molecule has 35 heavy (non-hydrogen) atoms. The molecule has 0 spiro atoms. The van der Waals surface area contributed by atoms with E-state index in [1.165, 1.54) is 37.3 Å². The Morgan fingerprint density at radius 2 is 1.86 bits per heavy atom. The van der Waals surface area contributed by atoms with Crippen LogP contribution < -0.4 is 10.1 Å². The first-order chi connectivity index (χ1) is 17.1. The number of carbonyl (C=O) groups is 1. The molecule has 0 unspecified atom stereocenters. The highest BCUT2D eigenvalue weighted by Gasteiger charge is 2.23. The van der Waals surface area contributed by atoms with E-state index in [0.29, 0.717) is 11.5 Å². The molecule has 1 aliphatic carbocycles. The zero-order valence-electron chi connectivity index (χ0n) is 20.3. The maximum absolute atomic E-state index is 13.5. The van der Waals surface area contributed by atoms with Crippen LogP contribution in [0.4, 0.5) is 4.39 Å². The van der Waals surface area contributed by atoms with Crippen molar-refractivity contribution >= 4 is 17.2 Å². The van der Waals surface area contributed by atoms with E-state index in [1.807, 2.05) is 43.7 Å². The van der Waals surface area contributed by atoms with E-state index in [2.05, 4.69) is 21.4 Å². The van der Waals surface area contributed by atoms with Gasteiger partial charge in [-0.25, -0.2) is 4.39 Å². The monoisotopic (exact) mass is 473 g/mol. The number of nitrogens with zero attached hydrogens (tertiary/aromatic N) is 1. The van der Waals surface area contributed by atoms with E-state index in [1.54, 1.807) is 25.4 Å². The van der Waals surface area contributed by atoms with Gasteiger partial charge >= 0.3 is 0 Å². The summed E-state index contributed by atoms with van der Waals surface area (Å²) < 4.78 is 18.6. The SMILES string of the molecule is CNCC1CCC(c2ccnc3ccc(F)cc23)CC1.COc1ccc(-c2c[nH]cc2C=O)cc1. The van der Waals surface area contributed by atoms with Crippen molar-refractivity contribution < 1.29 is 13.9 Å². The van der Waals surface area contributed by atoms with Gasteiger partial charge in [0.25, 0.3) is 0 Å². The first kappa shape index (κ1) is 24.6. The summed E-state index contributed by atoms with van der Waals surface area (Å²) in [4.78, 5) is 18.0. The van der Waals surface area contributed by atoms with Crippen LogP contribution in [-0.2, 0) is 0 Å². The van der Waals surface area contributed by atoms with Gasteiger partial charge in [-0.05, 0) is 98.6 Å². The van der Waals surface area contributed by atoms with Gasteiger partial charge in [0.05, 0.1) is 12.6 Å². The fraction of sp³-hybridized carbons (Fsp3) is 0.310. The van der Waals surface area contributed by atoms with Crippen LogP contribution in [0.25, 0.3) is 22.0 Å². The molecule has 0 radical (unpaired) electrons. The Morgan fingerprint density at radius 1 is 1.09 bits per heavy atom. The van der Waals surface area contributed by atoms with Gasteiger partial charge in [-0.2, -0.15) is 0 Å². The number of carbonyl (C=O) groups excluding carboxylic acids is 1. The van der Waals surface area contributed by atoms with E-state index >= 15 is 0 Å². The standard InChI is InChI=1S/C17H21FN2.C12H11NO2/c1-19-11-12-2-4-13(5-3-12)15-8-9-20-17-7-6-14(18)10-16(15)17;1-15-11-4-2-9(3-5-11)12-7-13-6-10(12)8-14/h6-10,12-13,19H,2-5,11H2,1H3;2-8,13H,1H3. The quantitative estimate of drug-likeness (QED) is 0.319. The molecule has 2 heterocycles. The van der Waals surface area contributed by atoms with Gasteiger partial charge < -0.3 is 15.0 Å². The number of aldehydes is 1. The minimum Gasteiger partial charge on any atom is -0.497 e. The Bertz CT molecular complexity index is 1240. The largest absolute Gasteiger partial charge is 0.497 e. The molecule has 0 saturated heterocycles. The van der Waals surface area contributed by atoms with Crippen molar-refractivity contribution in [3.63, 3.8) is 0 Å². The molecular formula is C29H32FN3O2. The van der Waals surface area contributed by atoms with Crippen LogP contribution >= 0.6 is 0 Å². The van der Waals surface area contributed by atoms with Gasteiger partial charge in [0.1, 0.15) is 11.6 Å². The summed E-state index contributed by atoms with van der Waals surface area (Å²) >= 11 is 0. The molecule has 2 N–H and O–H groups in total. The molecule has 0 atom stereocenters. The van der Waals surface area contributed by atoms with Crippen molar-refractivity contribution in [3.05, 3.63) is 84.1 Å². The Hall–Kier alpha value is -3.51. The third-order valence-corrected chi connectivity index (χ3v) is 6.82. The molecule has 5 nitrogen and oxygen atoms in total. The third kappa shape index (κ3) is 5.95. The lowest BCUT2D eigenvalue weighted by molar-refractivity contribution is 0.112. The average molecular weight is 474 g/mol. The summed E-state index contributed by atoms with van der Waals surface area (Å²) in [5.41, 5.74) is 4.76. The summed E-state index contributed by atoms with van der Waals surface area (Å²) in [6.07, 6.45) is 11.1. The highest BCUT2D eigenvalue weighted by atomic mass is 19.1. The molecule has 2 aromatic carbocycles. The number of hydrogen-bond donors (Lipinski definition) is 2. The van der Waals surface area contributed by atoms with Crippen molar-refractivity contribution in [2.75, 3.05) is 20.7 Å². The molecule has 0 amide bonds. The van der Waals surface area contributed by atoms with Crippen LogP contribution in [0.1, 0.15) is 47.5 Å². The Morgan fingerprint density at radius 3 is 2.54 bits per heavy atom. The minimum absolute atomic E-state index is 0.171. The fourth-order valence-electron chi connectivity index (χ4n) is 4.96. The van der Waals surface area contributed by atoms with E-state index in [9.17, 15) is 9.18 Å². The zero-order chi connectivity index (χ0) is 24.6. The van der Waals surface area contributed by atoms with Crippen LogP contribution in [0.5, 0.6) is 5.75 Å². The number of aromatic nitrogens is 2. The summed E-state index contributed by atoms with van der Waals surface area (Å²) in [6.45, 7) is 1.11. The summed E-state index contributed by atoms with van der Waals surface area (Å²) in [6, 6.07) is 14.6. The predicted octanol–water partition coefficient (Wildman–Crippen LogP) is 6.37. The first-order valence-electron chi connectivity index (χ1n) is 12.1. The maximum atomic E-state index is 13.5. The van der Waals surface area contributed by atoms with Gasteiger partial charge in [0.2, 0.25) is 0 Å². The molecule has 0 bridgehead atoms. The fourth-order valence-corrected chi connectivity index (χ4v) is 4.96. The molecule has 4 aromatic rings. The number of benzene rings is 2. The normalized spacial score (nSPS) is 17.5. The topological polar surface area (TPSA) is 67.0 Å². The molecule has 2 aromatic heterocycles. The van der Waals surface area contributed by atoms with Crippen LogP contribution in [0, 0.1) is 11.7 Å². The second kappa shape index (κ2) is 11.8. The number of ether oxygens (including phenoxy) is 1. The summed E-state index contributed by atoms with van der Waals surface area (Å²) in [7, 11) is 3.65. The van der Waals surface area contributed by atoms with E-state index in [0.717, 1.165) is 46.5 Å². The molecule has 1 fully saturated rings. The molecule has 1 aliphatic rings. The maximum Gasteiger partial charge on any atom is 0.152 e. The lowest BCUT2D eigenvalue weighted by atomic mass is 9.78. The van der Waals surface area contributed by atoms with Crippen LogP contribution in [0.15, 0.2) is 67.1 Å². The van der Waals surface area contributed by atoms with Gasteiger partial charge in [-0.1, -0.05) is 12.1 Å². The number of hydrogen-bond acceptors (Lipinski definition) is 4. The van der Waals surface area contributed by atoms with Crippen LogP contribution in [0.3, 0.4) is 0 Å². The Balaban J connectivity index is 0.000000172. The van der Waals surface area contributed by atoms with E-state index in [4.69, 9.17) is 4.74 Å². The number of methoxy groups -OCH3 is 1. The number of H-pyrrole nitrogens is 1. The van der Waals surface area contributed by atoms with Gasteiger partial charge in [-0.15, -0.1) is 0 Å². The number of rotatable bonds is 6. The molecule has 5 rings (SSSR count). The minimum atomic E-state index is -0.171. The number of halogens is 1. The number of fused-ring (bicyclic) bond motifs is 1. The highest BCUT2D eigenvalue weighted by molar-refractivity contribution is 5.87. The van der Waals surface area contributed by atoms with Crippen LogP contribution in [-0.4, -0.2) is 37.0 Å². The van der Waals surface area contributed by atoms with Crippen molar-refractivity contribution in [3.8, 4) is 16.9 Å². The number of nitrogens with one attached hydrogen (secondary N) is 2. The summed E-state index contributed by atoms with van der Waals surface area (Å²) in [5, 5.41) is 4.26. The van der Waals surface area contributed by atoms with Crippen molar-refractivity contribution in [2.45, 2.75) is 31.6 Å². The predicted molar refractivity (Wildman–Crippen MR) is 138 cm³/mol. The van der Waals surface area contributed by atoms with Gasteiger partial charge in [0, 0.05) is 35.1 Å². The Kier molecular flexibility index (Phi) is 8.27. The van der Waals surface area contributed by atoms with Crippen molar-refractivity contribution in [1.82, 2.24) is 15.3 Å². The van der Waals surface area contributed by atoms with Gasteiger partial charge in [-0.3, -0.25) is 9.78 Å². The molecule has 6 heteroatoms. The third-order valence-electron chi connectivity index (χ3n) is 6.82. The summed E-state index contributed by atoms with van der Waals surface area (Å²) in [5.74, 6) is 1.98.